The molecular weight excluding hydrogens is 653 g/mol. The fourth-order valence-electron chi connectivity index (χ4n) is 5.39. The summed E-state index contributed by atoms with van der Waals surface area (Å²) in [6, 6.07) is 0. The molecule has 0 aromatic heterocycles. The molecule has 4 rings (SSSR count). The second-order valence-corrected chi connectivity index (χ2v) is 17.5. The van der Waals surface area contributed by atoms with Gasteiger partial charge < -0.3 is 29.4 Å². The van der Waals surface area contributed by atoms with Gasteiger partial charge in [-0.2, -0.15) is 0 Å². The lowest BCUT2D eigenvalue weighted by Gasteiger charge is -2.38. The van der Waals surface area contributed by atoms with Gasteiger partial charge in [0.15, 0.2) is 0 Å². The first-order chi connectivity index (χ1) is 19.5. The number of likely N-dealkylation sites (tertiary alicyclic amines) is 2. The molecule has 0 bridgehead atoms. The highest BCUT2D eigenvalue weighted by Crippen LogP contribution is 2.30. The van der Waals surface area contributed by atoms with Crippen LogP contribution in [-0.4, -0.2) is 150 Å². The second-order valence-electron chi connectivity index (χ2n) is 10.7. The maximum absolute atomic E-state index is 5.78. The summed E-state index contributed by atoms with van der Waals surface area (Å²) in [5.74, 6) is 2.19. The van der Waals surface area contributed by atoms with Crippen molar-refractivity contribution in [2.45, 2.75) is 38.5 Å². The lowest BCUT2D eigenvalue weighted by molar-refractivity contribution is 0.242. The predicted octanol–water partition coefficient (Wildman–Crippen LogP) is 5.18. The standard InChI is InChI=1S/C26H44N6S8/c33-23(37-21-19-27-7-3-1-4-8-27)29-11-15-31(16-12-29)25(35)39-40-26(36)32-17-13-30(14-18-32)24(34)38-22-20-28-9-5-2-6-10-28/h1-22H2. The van der Waals surface area contributed by atoms with Crippen molar-refractivity contribution in [3.63, 3.8) is 0 Å². The van der Waals surface area contributed by atoms with Gasteiger partial charge in [0.1, 0.15) is 17.3 Å². The topological polar surface area (TPSA) is 19.4 Å². The van der Waals surface area contributed by atoms with Crippen molar-refractivity contribution >= 4 is 111 Å². The van der Waals surface area contributed by atoms with Crippen LogP contribution >= 0.6 is 94.0 Å². The molecule has 0 aliphatic carbocycles. The molecule has 40 heavy (non-hydrogen) atoms. The lowest BCUT2D eigenvalue weighted by atomic mass is 10.1. The van der Waals surface area contributed by atoms with Gasteiger partial charge in [0, 0.05) is 77.0 Å². The number of piperazine rings is 2. The van der Waals surface area contributed by atoms with Crippen molar-refractivity contribution in [2.24, 2.45) is 0 Å². The van der Waals surface area contributed by atoms with Gasteiger partial charge in [-0.1, -0.05) is 85.2 Å². The Bertz CT molecular complexity index is 767. The Labute approximate surface area is 280 Å². The summed E-state index contributed by atoms with van der Waals surface area (Å²) >= 11 is 26.7. The van der Waals surface area contributed by atoms with Gasteiger partial charge in [-0.05, 0) is 73.5 Å². The minimum absolute atomic E-state index is 0.928. The van der Waals surface area contributed by atoms with Crippen molar-refractivity contribution in [3.05, 3.63) is 0 Å². The van der Waals surface area contributed by atoms with Crippen LogP contribution in [0, 0.1) is 0 Å². The van der Waals surface area contributed by atoms with Crippen molar-refractivity contribution in [1.29, 1.82) is 0 Å². The number of thioether (sulfide) groups is 2. The van der Waals surface area contributed by atoms with Crippen molar-refractivity contribution in [2.75, 3.05) is 103 Å². The Morgan fingerprint density at radius 3 is 1.02 bits per heavy atom. The lowest BCUT2D eigenvalue weighted by Crippen LogP contribution is -2.49. The molecule has 0 unspecified atom stereocenters. The molecule has 0 N–H and O–H groups in total. The third-order valence-electron chi connectivity index (χ3n) is 7.94. The average Bonchev–Trinajstić information content (AvgIpc) is 3.01. The van der Waals surface area contributed by atoms with Gasteiger partial charge in [-0.15, -0.1) is 0 Å². The summed E-state index contributed by atoms with van der Waals surface area (Å²) in [5, 5.41) is 0. The van der Waals surface area contributed by atoms with Crippen LogP contribution in [-0.2, 0) is 0 Å². The minimum Gasteiger partial charge on any atom is -0.354 e. The predicted molar refractivity (Wildman–Crippen MR) is 197 cm³/mol. The average molecular weight is 697 g/mol. The van der Waals surface area contributed by atoms with E-state index < -0.39 is 0 Å². The Kier molecular flexibility index (Phi) is 15.7. The van der Waals surface area contributed by atoms with Crippen LogP contribution in [0.2, 0.25) is 0 Å². The molecule has 0 spiro atoms. The van der Waals surface area contributed by atoms with Crippen molar-refractivity contribution < 1.29 is 0 Å². The highest BCUT2D eigenvalue weighted by atomic mass is 33.1. The van der Waals surface area contributed by atoms with E-state index in [4.69, 9.17) is 48.9 Å². The van der Waals surface area contributed by atoms with E-state index in [0.29, 0.717) is 0 Å². The number of hydrogen-bond donors (Lipinski definition) is 0. The number of hydrogen-bond acceptors (Lipinski definition) is 10. The fraction of sp³-hybridized carbons (Fsp3) is 0.846. The molecule has 6 nitrogen and oxygen atoms in total. The van der Waals surface area contributed by atoms with Crippen LogP contribution in [0.4, 0.5) is 0 Å². The number of rotatable bonds is 6. The van der Waals surface area contributed by atoms with Gasteiger partial charge in [-0.25, -0.2) is 0 Å². The first-order valence-corrected chi connectivity index (χ1v) is 20.5. The molecule has 0 aromatic carbocycles. The van der Waals surface area contributed by atoms with Gasteiger partial charge in [0.25, 0.3) is 0 Å². The molecule has 14 heteroatoms. The third-order valence-corrected chi connectivity index (χ3v) is 14.7. The smallest absolute Gasteiger partial charge is 0.147 e. The molecule has 4 aliphatic rings. The number of nitrogens with zero attached hydrogens (tertiary/aromatic N) is 6. The van der Waals surface area contributed by atoms with Gasteiger partial charge in [0.05, 0.1) is 0 Å². The summed E-state index contributed by atoms with van der Waals surface area (Å²) in [7, 11) is 3.27. The summed E-state index contributed by atoms with van der Waals surface area (Å²) in [5.41, 5.74) is 0. The molecule has 0 atom stereocenters. The zero-order valence-electron chi connectivity index (χ0n) is 23.5. The van der Waals surface area contributed by atoms with E-state index in [-0.39, 0.29) is 0 Å². The van der Waals surface area contributed by atoms with E-state index in [1.165, 1.54) is 64.7 Å². The maximum Gasteiger partial charge on any atom is 0.147 e. The first-order valence-electron chi connectivity index (χ1n) is 14.7. The summed E-state index contributed by atoms with van der Waals surface area (Å²) in [4.78, 5) is 14.5. The minimum atomic E-state index is 0.928. The molecule has 0 saturated carbocycles. The van der Waals surface area contributed by atoms with E-state index >= 15 is 0 Å². The summed E-state index contributed by atoms with van der Waals surface area (Å²) < 4.78 is 3.95. The Hall–Kier alpha value is 0.880. The number of piperidine rings is 2. The third kappa shape index (κ3) is 11.4. The zero-order chi connectivity index (χ0) is 28.2. The largest absolute Gasteiger partial charge is 0.354 e. The zero-order valence-corrected chi connectivity index (χ0v) is 30.0. The second kappa shape index (κ2) is 18.6. The Morgan fingerprint density at radius 2 is 0.700 bits per heavy atom. The number of thiocarbonyl (C=S) groups is 4. The molecule has 4 fully saturated rings. The maximum atomic E-state index is 5.78. The highest BCUT2D eigenvalue weighted by Gasteiger charge is 2.25. The summed E-state index contributed by atoms with van der Waals surface area (Å²) in [6.45, 7) is 14.8. The molecule has 4 saturated heterocycles. The fourth-order valence-corrected chi connectivity index (χ4v) is 10.8. The van der Waals surface area contributed by atoms with Crippen LogP contribution in [0.1, 0.15) is 38.5 Å². The van der Waals surface area contributed by atoms with E-state index in [1.807, 2.05) is 23.5 Å². The van der Waals surface area contributed by atoms with Gasteiger partial charge in [0.2, 0.25) is 0 Å². The summed E-state index contributed by atoms with van der Waals surface area (Å²) in [6.07, 6.45) is 8.18. The SMILES string of the molecule is S=C(SCCN1CCCCC1)N1CCN(C(=S)SSC(=S)N2CCN(C(=S)SCCN3CCCCC3)CC2)CC1. The van der Waals surface area contributed by atoms with Crippen LogP contribution in [0.3, 0.4) is 0 Å². The monoisotopic (exact) mass is 696 g/mol. The Morgan fingerprint density at radius 1 is 0.400 bits per heavy atom. The van der Waals surface area contributed by atoms with Crippen LogP contribution in [0.25, 0.3) is 0 Å². The van der Waals surface area contributed by atoms with Crippen LogP contribution in [0.5, 0.6) is 0 Å². The molecule has 4 aliphatic heterocycles. The molecule has 0 aromatic rings. The highest BCUT2D eigenvalue weighted by molar-refractivity contribution is 8.89. The van der Waals surface area contributed by atoms with Gasteiger partial charge in [-0.3, -0.25) is 0 Å². The van der Waals surface area contributed by atoms with Crippen molar-refractivity contribution in [1.82, 2.24) is 29.4 Å². The van der Waals surface area contributed by atoms with E-state index in [1.54, 1.807) is 21.6 Å². The molecular formula is C26H44N6S8. The Balaban J connectivity index is 1.04. The van der Waals surface area contributed by atoms with E-state index in [0.717, 1.165) is 94.2 Å². The molecule has 226 valence electrons. The van der Waals surface area contributed by atoms with E-state index in [9.17, 15) is 0 Å². The van der Waals surface area contributed by atoms with Crippen molar-refractivity contribution in [3.8, 4) is 0 Å². The van der Waals surface area contributed by atoms with E-state index in [2.05, 4.69) is 29.4 Å². The van der Waals surface area contributed by atoms with Gasteiger partial charge >= 0.3 is 0 Å². The van der Waals surface area contributed by atoms with Crippen LogP contribution in [0.15, 0.2) is 0 Å². The molecule has 4 heterocycles. The first kappa shape index (κ1) is 33.8. The normalized spacial score (nSPS) is 21.5. The van der Waals surface area contributed by atoms with Crippen LogP contribution < -0.4 is 0 Å². The molecule has 0 radical (unpaired) electrons. The quantitative estimate of drug-likeness (QED) is 0.269. The molecule has 0 amide bonds.